The Morgan fingerprint density at radius 1 is 1.57 bits per heavy atom. The molecule has 2 rings (SSSR count). The van der Waals surface area contributed by atoms with Crippen LogP contribution in [0.25, 0.3) is 10.1 Å². The van der Waals surface area contributed by atoms with Crippen LogP contribution in [0.4, 0.5) is 0 Å². The molecule has 0 saturated heterocycles. The van der Waals surface area contributed by atoms with Crippen LogP contribution in [0.2, 0.25) is 0 Å². The fraction of sp³-hybridized carbons (Fsp3) is 0.100. The molecule has 0 aliphatic rings. The number of thiophene rings is 1. The summed E-state index contributed by atoms with van der Waals surface area (Å²) in [5, 5.41) is 3.19. The fourth-order valence-corrected chi connectivity index (χ4v) is 3.59. The smallest absolute Gasteiger partial charge is 0.151 e. The standard InChI is InChI=1S/C10H6ClIOS/c11-4-7-3-6-1-2-14-10(6)9(12)8(7)5-13/h1-3,5H,4H2. The molecule has 0 fully saturated rings. The van der Waals surface area contributed by atoms with E-state index in [4.69, 9.17) is 11.6 Å². The molecule has 72 valence electrons. The number of hydrogen-bond acceptors (Lipinski definition) is 2. The van der Waals surface area contributed by atoms with Crippen LogP contribution in [0.5, 0.6) is 0 Å². The molecule has 0 saturated carbocycles. The highest BCUT2D eigenvalue weighted by molar-refractivity contribution is 14.1. The van der Waals surface area contributed by atoms with Gasteiger partial charge in [0.15, 0.2) is 6.29 Å². The first-order chi connectivity index (χ1) is 6.77. The SMILES string of the molecule is O=Cc1c(CCl)cc2ccsc2c1I. The highest BCUT2D eigenvalue weighted by Crippen LogP contribution is 2.31. The van der Waals surface area contributed by atoms with Crippen LogP contribution in [-0.4, -0.2) is 6.29 Å². The number of alkyl halides is 1. The molecule has 0 bridgehead atoms. The monoisotopic (exact) mass is 336 g/mol. The lowest BCUT2D eigenvalue weighted by atomic mass is 10.1. The van der Waals surface area contributed by atoms with Gasteiger partial charge in [0.25, 0.3) is 0 Å². The second-order valence-electron chi connectivity index (χ2n) is 2.85. The second kappa shape index (κ2) is 4.16. The van der Waals surface area contributed by atoms with Crippen molar-refractivity contribution in [1.29, 1.82) is 0 Å². The van der Waals surface area contributed by atoms with Crippen LogP contribution < -0.4 is 0 Å². The van der Waals surface area contributed by atoms with Crippen molar-refractivity contribution >= 4 is 61.9 Å². The number of aldehydes is 1. The van der Waals surface area contributed by atoms with Crippen LogP contribution in [0, 0.1) is 3.57 Å². The van der Waals surface area contributed by atoms with E-state index in [1.807, 2.05) is 17.5 Å². The van der Waals surface area contributed by atoms with E-state index in [9.17, 15) is 4.79 Å². The summed E-state index contributed by atoms with van der Waals surface area (Å²) in [5.74, 6) is 0.385. The Morgan fingerprint density at radius 2 is 2.36 bits per heavy atom. The molecule has 14 heavy (non-hydrogen) atoms. The van der Waals surface area contributed by atoms with E-state index in [2.05, 4.69) is 22.6 Å². The topological polar surface area (TPSA) is 17.1 Å². The van der Waals surface area contributed by atoms with E-state index >= 15 is 0 Å². The maximum Gasteiger partial charge on any atom is 0.151 e. The first-order valence-electron chi connectivity index (χ1n) is 3.97. The Balaban J connectivity index is 2.85. The van der Waals surface area contributed by atoms with Gasteiger partial charge in [0.1, 0.15) is 0 Å². The summed E-state index contributed by atoms with van der Waals surface area (Å²) in [6.45, 7) is 0. The summed E-state index contributed by atoms with van der Waals surface area (Å²) >= 11 is 9.65. The van der Waals surface area contributed by atoms with E-state index in [1.54, 1.807) is 11.3 Å². The number of benzene rings is 1. The Kier molecular flexibility index (Phi) is 3.09. The molecule has 1 aromatic carbocycles. The molecule has 1 nitrogen and oxygen atoms in total. The Labute approximate surface area is 104 Å². The normalized spacial score (nSPS) is 10.7. The molecule has 0 radical (unpaired) electrons. The lowest BCUT2D eigenvalue weighted by Gasteiger charge is -2.04. The molecule has 0 atom stereocenters. The van der Waals surface area contributed by atoms with Crippen LogP contribution in [-0.2, 0) is 5.88 Å². The van der Waals surface area contributed by atoms with Crippen molar-refractivity contribution < 1.29 is 4.79 Å². The van der Waals surface area contributed by atoms with Crippen molar-refractivity contribution in [3.63, 3.8) is 0 Å². The molecular weight excluding hydrogens is 331 g/mol. The average Bonchev–Trinajstić information content (AvgIpc) is 2.65. The fourth-order valence-electron chi connectivity index (χ4n) is 1.38. The number of fused-ring (bicyclic) bond motifs is 1. The molecule has 0 amide bonds. The molecule has 1 heterocycles. The zero-order valence-corrected chi connectivity index (χ0v) is 10.8. The first kappa shape index (κ1) is 10.4. The van der Waals surface area contributed by atoms with E-state index < -0.39 is 0 Å². The van der Waals surface area contributed by atoms with Gasteiger partial charge in [0, 0.05) is 19.7 Å². The molecule has 0 aliphatic heterocycles. The van der Waals surface area contributed by atoms with E-state index in [-0.39, 0.29) is 0 Å². The number of halogens is 2. The van der Waals surface area contributed by atoms with E-state index in [0.717, 1.165) is 21.0 Å². The molecule has 2 aromatic rings. The van der Waals surface area contributed by atoms with Gasteiger partial charge in [-0.3, -0.25) is 4.79 Å². The van der Waals surface area contributed by atoms with Crippen molar-refractivity contribution in [3.05, 3.63) is 32.2 Å². The van der Waals surface area contributed by atoms with Crippen molar-refractivity contribution in [2.75, 3.05) is 0 Å². The summed E-state index contributed by atoms with van der Waals surface area (Å²) in [7, 11) is 0. The van der Waals surface area contributed by atoms with Gasteiger partial charge in [-0.15, -0.1) is 22.9 Å². The predicted molar refractivity (Wildman–Crippen MR) is 69.5 cm³/mol. The minimum atomic E-state index is 0.385. The zero-order valence-electron chi connectivity index (χ0n) is 7.09. The van der Waals surface area contributed by atoms with Gasteiger partial charge in [-0.05, 0) is 51.1 Å². The zero-order chi connectivity index (χ0) is 10.1. The number of hydrogen-bond donors (Lipinski definition) is 0. The lowest BCUT2D eigenvalue weighted by molar-refractivity contribution is 0.112. The highest BCUT2D eigenvalue weighted by atomic mass is 127. The quantitative estimate of drug-likeness (QED) is 0.459. The van der Waals surface area contributed by atoms with Crippen molar-refractivity contribution in [2.24, 2.45) is 0 Å². The summed E-state index contributed by atoms with van der Waals surface area (Å²) in [6.07, 6.45) is 0.888. The third-order valence-corrected chi connectivity index (χ3v) is 4.79. The van der Waals surface area contributed by atoms with Crippen molar-refractivity contribution in [2.45, 2.75) is 5.88 Å². The minimum absolute atomic E-state index is 0.385. The summed E-state index contributed by atoms with van der Waals surface area (Å²) < 4.78 is 2.18. The molecular formula is C10H6ClIOS. The average molecular weight is 337 g/mol. The predicted octanol–water partition coefficient (Wildman–Crippen LogP) is 4.06. The van der Waals surface area contributed by atoms with Gasteiger partial charge in [-0.25, -0.2) is 0 Å². The van der Waals surface area contributed by atoms with Gasteiger partial charge >= 0.3 is 0 Å². The first-order valence-corrected chi connectivity index (χ1v) is 6.47. The van der Waals surface area contributed by atoms with Gasteiger partial charge < -0.3 is 0 Å². The lowest BCUT2D eigenvalue weighted by Crippen LogP contribution is -1.93. The largest absolute Gasteiger partial charge is 0.298 e. The van der Waals surface area contributed by atoms with Gasteiger partial charge in [-0.2, -0.15) is 0 Å². The maximum absolute atomic E-state index is 10.9. The summed E-state index contributed by atoms with van der Waals surface area (Å²) in [6, 6.07) is 4.04. The summed E-state index contributed by atoms with van der Waals surface area (Å²) in [5.41, 5.74) is 1.65. The molecule has 0 N–H and O–H groups in total. The third-order valence-electron chi connectivity index (χ3n) is 2.07. The van der Waals surface area contributed by atoms with Crippen molar-refractivity contribution in [3.8, 4) is 0 Å². The van der Waals surface area contributed by atoms with Crippen LogP contribution >= 0.6 is 45.5 Å². The Bertz CT molecular complexity index is 492. The minimum Gasteiger partial charge on any atom is -0.298 e. The maximum atomic E-state index is 10.9. The Hall–Kier alpha value is -0.130. The van der Waals surface area contributed by atoms with E-state index in [1.165, 1.54) is 10.1 Å². The van der Waals surface area contributed by atoms with Crippen LogP contribution in [0.3, 0.4) is 0 Å². The van der Waals surface area contributed by atoms with Gasteiger partial charge in [-0.1, -0.05) is 0 Å². The molecule has 0 spiro atoms. The van der Waals surface area contributed by atoms with Crippen molar-refractivity contribution in [1.82, 2.24) is 0 Å². The summed E-state index contributed by atoms with van der Waals surface area (Å²) in [4.78, 5) is 10.9. The van der Waals surface area contributed by atoms with Crippen LogP contribution in [0.15, 0.2) is 17.5 Å². The van der Waals surface area contributed by atoms with Crippen LogP contribution in [0.1, 0.15) is 15.9 Å². The molecule has 4 heteroatoms. The van der Waals surface area contributed by atoms with Gasteiger partial charge in [0.2, 0.25) is 0 Å². The third kappa shape index (κ3) is 1.57. The van der Waals surface area contributed by atoms with E-state index in [0.29, 0.717) is 5.88 Å². The van der Waals surface area contributed by atoms with Gasteiger partial charge in [0.05, 0.1) is 0 Å². The molecule has 0 aliphatic carbocycles. The Morgan fingerprint density at radius 3 is 3.00 bits per heavy atom. The number of carbonyl (C=O) groups excluding carboxylic acids is 1. The molecule has 0 unspecified atom stereocenters. The molecule has 1 aromatic heterocycles. The second-order valence-corrected chi connectivity index (χ2v) is 5.12. The number of carbonyl (C=O) groups is 1. The highest BCUT2D eigenvalue weighted by Gasteiger charge is 2.10. The number of rotatable bonds is 2.